The minimum absolute atomic E-state index is 0.604. The summed E-state index contributed by atoms with van der Waals surface area (Å²) < 4.78 is 0. The summed E-state index contributed by atoms with van der Waals surface area (Å²) in [6.07, 6.45) is 2.44. The highest BCUT2D eigenvalue weighted by molar-refractivity contribution is 5.54. The van der Waals surface area contributed by atoms with Gasteiger partial charge in [-0.25, -0.2) is 0 Å². The maximum absolute atomic E-state index is 3.75. The van der Waals surface area contributed by atoms with Gasteiger partial charge in [0.1, 0.15) is 0 Å². The third-order valence-electron chi connectivity index (χ3n) is 4.80. The van der Waals surface area contributed by atoms with Gasteiger partial charge in [0.2, 0.25) is 0 Å². The number of nitrogens with one attached hydrogen (secondary N) is 1. The fourth-order valence-electron chi connectivity index (χ4n) is 3.20. The molecule has 0 spiro atoms. The summed E-state index contributed by atoms with van der Waals surface area (Å²) in [7, 11) is 0. The number of rotatable bonds is 4. The van der Waals surface area contributed by atoms with Crippen LogP contribution in [0.5, 0.6) is 0 Å². The highest BCUT2D eigenvalue weighted by Gasteiger charge is 2.19. The topological polar surface area (TPSA) is 15.3 Å². The van der Waals surface area contributed by atoms with Crippen LogP contribution in [0.4, 0.5) is 5.69 Å². The molecule has 0 amide bonds. The van der Waals surface area contributed by atoms with Crippen LogP contribution in [0.25, 0.3) is 0 Å². The highest BCUT2D eigenvalue weighted by Crippen LogP contribution is 2.22. The Bertz CT molecular complexity index is 598. The maximum atomic E-state index is 3.75. The second-order valence-electron chi connectivity index (χ2n) is 6.43. The summed E-state index contributed by atoms with van der Waals surface area (Å²) in [6, 6.07) is 17.9. The zero-order chi connectivity index (χ0) is 15.4. The normalized spacial score (nSPS) is 16.6. The molecule has 1 fully saturated rings. The molecule has 1 heterocycles. The lowest BCUT2D eigenvalue weighted by molar-refractivity contribution is 0.211. The molecule has 0 atom stereocenters. The summed E-state index contributed by atoms with van der Waals surface area (Å²) in [5, 5.41) is 3.75. The zero-order valence-electron chi connectivity index (χ0n) is 13.7. The Morgan fingerprint density at radius 3 is 2.41 bits per heavy atom. The van der Waals surface area contributed by atoms with Gasteiger partial charge in [0.15, 0.2) is 0 Å². The molecule has 0 unspecified atom stereocenters. The van der Waals surface area contributed by atoms with E-state index in [1.807, 2.05) is 0 Å². The monoisotopic (exact) mass is 294 g/mol. The third kappa shape index (κ3) is 3.69. The first-order valence-electron chi connectivity index (χ1n) is 8.31. The Labute approximate surface area is 134 Å². The van der Waals surface area contributed by atoms with Crippen LogP contribution in [0, 0.1) is 13.8 Å². The minimum Gasteiger partial charge on any atom is -0.382 e. The van der Waals surface area contributed by atoms with E-state index in [2.05, 4.69) is 72.6 Å². The molecule has 0 bridgehead atoms. The van der Waals surface area contributed by atoms with Crippen molar-refractivity contribution in [3.05, 3.63) is 65.2 Å². The van der Waals surface area contributed by atoms with Crippen LogP contribution in [0.1, 0.15) is 29.5 Å². The standard InChI is InChI=1S/C20H26N2/c1-16-7-6-10-20(17(16)2)21-19-11-13-22(14-12-19)15-18-8-4-3-5-9-18/h3-10,19,21H,11-15H2,1-2H3. The molecule has 0 radical (unpaired) electrons. The van der Waals surface area contributed by atoms with Crippen molar-refractivity contribution in [3.63, 3.8) is 0 Å². The predicted octanol–water partition coefficient (Wildman–Crippen LogP) is 4.38. The van der Waals surface area contributed by atoms with E-state index in [1.54, 1.807) is 0 Å². The summed E-state index contributed by atoms with van der Waals surface area (Å²) in [5.74, 6) is 0. The van der Waals surface area contributed by atoms with Crippen LogP contribution in [0.2, 0.25) is 0 Å². The van der Waals surface area contributed by atoms with Gasteiger partial charge in [0.25, 0.3) is 0 Å². The molecule has 2 aromatic rings. The lowest BCUT2D eigenvalue weighted by Crippen LogP contribution is -2.38. The van der Waals surface area contributed by atoms with E-state index in [4.69, 9.17) is 0 Å². The molecule has 2 heteroatoms. The van der Waals surface area contributed by atoms with Crippen molar-refractivity contribution in [2.24, 2.45) is 0 Å². The third-order valence-corrected chi connectivity index (χ3v) is 4.80. The molecule has 0 aliphatic carbocycles. The lowest BCUT2D eigenvalue weighted by Gasteiger charge is -2.33. The van der Waals surface area contributed by atoms with Gasteiger partial charge in [-0.2, -0.15) is 0 Å². The van der Waals surface area contributed by atoms with E-state index in [0.29, 0.717) is 6.04 Å². The van der Waals surface area contributed by atoms with Gasteiger partial charge >= 0.3 is 0 Å². The summed E-state index contributed by atoms with van der Waals surface area (Å²) in [5.41, 5.74) is 5.48. The number of benzene rings is 2. The van der Waals surface area contributed by atoms with Gasteiger partial charge in [-0.05, 0) is 49.4 Å². The van der Waals surface area contributed by atoms with Crippen LogP contribution >= 0.6 is 0 Å². The van der Waals surface area contributed by atoms with E-state index >= 15 is 0 Å². The molecule has 1 saturated heterocycles. The van der Waals surface area contributed by atoms with Gasteiger partial charge in [0, 0.05) is 31.4 Å². The van der Waals surface area contributed by atoms with Gasteiger partial charge < -0.3 is 5.32 Å². The summed E-state index contributed by atoms with van der Waals surface area (Å²) in [6.45, 7) is 7.83. The average Bonchev–Trinajstić information content (AvgIpc) is 2.55. The number of likely N-dealkylation sites (tertiary alicyclic amines) is 1. The zero-order valence-corrected chi connectivity index (χ0v) is 13.7. The number of hydrogen-bond acceptors (Lipinski definition) is 2. The molecular formula is C20H26N2. The minimum atomic E-state index is 0.604. The predicted molar refractivity (Wildman–Crippen MR) is 94.3 cm³/mol. The Kier molecular flexibility index (Phi) is 4.79. The van der Waals surface area contributed by atoms with Crippen LogP contribution in [-0.2, 0) is 6.54 Å². The van der Waals surface area contributed by atoms with Gasteiger partial charge in [0.05, 0.1) is 0 Å². The van der Waals surface area contributed by atoms with E-state index in [1.165, 1.54) is 48.3 Å². The number of anilines is 1. The molecule has 22 heavy (non-hydrogen) atoms. The second kappa shape index (κ2) is 6.97. The molecule has 0 aromatic heterocycles. The fourth-order valence-corrected chi connectivity index (χ4v) is 3.20. The van der Waals surface area contributed by atoms with Crippen LogP contribution in [0.15, 0.2) is 48.5 Å². The molecule has 0 saturated carbocycles. The summed E-state index contributed by atoms with van der Waals surface area (Å²) in [4.78, 5) is 2.57. The van der Waals surface area contributed by atoms with E-state index in [0.717, 1.165) is 6.54 Å². The number of aryl methyl sites for hydroxylation is 1. The average molecular weight is 294 g/mol. The van der Waals surface area contributed by atoms with Crippen molar-refractivity contribution >= 4 is 5.69 Å². The number of hydrogen-bond donors (Lipinski definition) is 1. The van der Waals surface area contributed by atoms with E-state index < -0.39 is 0 Å². The maximum Gasteiger partial charge on any atom is 0.0374 e. The smallest absolute Gasteiger partial charge is 0.0374 e. The largest absolute Gasteiger partial charge is 0.382 e. The number of piperidine rings is 1. The first kappa shape index (κ1) is 15.1. The van der Waals surface area contributed by atoms with Crippen molar-refractivity contribution in [1.82, 2.24) is 4.90 Å². The van der Waals surface area contributed by atoms with Gasteiger partial charge in [-0.3, -0.25) is 4.90 Å². The SMILES string of the molecule is Cc1cccc(NC2CCN(Cc3ccccc3)CC2)c1C. The van der Waals surface area contributed by atoms with Crippen molar-refractivity contribution in [3.8, 4) is 0 Å². The Morgan fingerprint density at radius 2 is 1.68 bits per heavy atom. The van der Waals surface area contributed by atoms with Crippen molar-refractivity contribution in [2.75, 3.05) is 18.4 Å². The molecule has 1 N–H and O–H groups in total. The van der Waals surface area contributed by atoms with Crippen molar-refractivity contribution in [1.29, 1.82) is 0 Å². The molecule has 3 rings (SSSR count). The first-order valence-corrected chi connectivity index (χ1v) is 8.31. The first-order chi connectivity index (χ1) is 10.7. The van der Waals surface area contributed by atoms with Gasteiger partial charge in [-0.1, -0.05) is 42.5 Å². The quantitative estimate of drug-likeness (QED) is 0.900. The van der Waals surface area contributed by atoms with E-state index in [-0.39, 0.29) is 0 Å². The number of nitrogens with zero attached hydrogens (tertiary/aromatic N) is 1. The fraction of sp³-hybridized carbons (Fsp3) is 0.400. The molecule has 1 aliphatic rings. The lowest BCUT2D eigenvalue weighted by atomic mass is 10.0. The van der Waals surface area contributed by atoms with Crippen LogP contribution < -0.4 is 5.32 Å². The summed E-state index contributed by atoms with van der Waals surface area (Å²) >= 11 is 0. The molecular weight excluding hydrogens is 268 g/mol. The second-order valence-corrected chi connectivity index (χ2v) is 6.43. The van der Waals surface area contributed by atoms with Crippen LogP contribution in [0.3, 0.4) is 0 Å². The molecule has 2 nitrogen and oxygen atoms in total. The van der Waals surface area contributed by atoms with Crippen LogP contribution in [-0.4, -0.2) is 24.0 Å². The molecule has 1 aliphatic heterocycles. The van der Waals surface area contributed by atoms with Crippen molar-refractivity contribution in [2.45, 2.75) is 39.3 Å². The Hall–Kier alpha value is -1.80. The van der Waals surface area contributed by atoms with Gasteiger partial charge in [-0.15, -0.1) is 0 Å². The van der Waals surface area contributed by atoms with E-state index in [9.17, 15) is 0 Å². The van der Waals surface area contributed by atoms with Crippen molar-refractivity contribution < 1.29 is 0 Å². The Morgan fingerprint density at radius 1 is 0.955 bits per heavy atom. The molecule has 116 valence electrons. The highest BCUT2D eigenvalue weighted by atomic mass is 15.1. The Balaban J connectivity index is 1.52. The molecule has 2 aromatic carbocycles.